The van der Waals surface area contributed by atoms with E-state index in [1.165, 1.54) is 12.1 Å². The fraction of sp³-hybridized carbons (Fsp3) is 0.261. The fourth-order valence-corrected chi connectivity index (χ4v) is 3.08. The lowest BCUT2D eigenvalue weighted by Crippen LogP contribution is -2.36. The summed E-state index contributed by atoms with van der Waals surface area (Å²) in [5.41, 5.74) is 2.13. The van der Waals surface area contributed by atoms with Crippen molar-refractivity contribution < 1.29 is 18.7 Å². The van der Waals surface area contributed by atoms with Crippen LogP contribution in [0.25, 0.3) is 22.2 Å². The molecule has 1 heterocycles. The SMILES string of the molecule is CCC(CC)NC(=O)COC(=O)c1cc(-c2ccc(F)cc2)nc2ccccc12. The zero-order chi connectivity index (χ0) is 20.8. The molecule has 150 valence electrons. The van der Waals surface area contributed by atoms with E-state index >= 15 is 0 Å². The first-order valence-electron chi connectivity index (χ1n) is 9.64. The van der Waals surface area contributed by atoms with Gasteiger partial charge in [-0.1, -0.05) is 32.0 Å². The van der Waals surface area contributed by atoms with Crippen LogP contribution in [0.3, 0.4) is 0 Å². The summed E-state index contributed by atoms with van der Waals surface area (Å²) in [5.74, 6) is -1.28. The van der Waals surface area contributed by atoms with E-state index in [0.717, 1.165) is 12.8 Å². The van der Waals surface area contributed by atoms with Gasteiger partial charge in [0.25, 0.3) is 5.91 Å². The Labute approximate surface area is 168 Å². The van der Waals surface area contributed by atoms with Crippen molar-refractivity contribution >= 4 is 22.8 Å². The maximum absolute atomic E-state index is 13.2. The van der Waals surface area contributed by atoms with Crippen molar-refractivity contribution in [1.29, 1.82) is 0 Å². The van der Waals surface area contributed by atoms with E-state index in [0.29, 0.717) is 27.7 Å². The minimum atomic E-state index is -0.605. The zero-order valence-corrected chi connectivity index (χ0v) is 16.4. The number of benzene rings is 2. The molecule has 0 spiro atoms. The number of para-hydroxylation sites is 1. The number of carbonyl (C=O) groups excluding carboxylic acids is 2. The maximum atomic E-state index is 13.2. The Hall–Kier alpha value is -3.28. The number of nitrogens with zero attached hydrogens (tertiary/aromatic N) is 1. The summed E-state index contributed by atoms with van der Waals surface area (Å²) < 4.78 is 18.5. The van der Waals surface area contributed by atoms with Gasteiger partial charge >= 0.3 is 5.97 Å². The number of rotatable bonds is 7. The zero-order valence-electron chi connectivity index (χ0n) is 16.4. The van der Waals surface area contributed by atoms with Crippen molar-refractivity contribution in [1.82, 2.24) is 10.3 Å². The maximum Gasteiger partial charge on any atom is 0.339 e. The number of aromatic nitrogens is 1. The molecular weight excluding hydrogens is 371 g/mol. The number of amides is 1. The molecule has 5 nitrogen and oxygen atoms in total. The van der Waals surface area contributed by atoms with Gasteiger partial charge in [0, 0.05) is 17.0 Å². The molecule has 0 saturated heterocycles. The number of nitrogens with one attached hydrogen (secondary N) is 1. The smallest absolute Gasteiger partial charge is 0.339 e. The molecule has 0 fully saturated rings. The molecule has 0 unspecified atom stereocenters. The van der Waals surface area contributed by atoms with Crippen molar-refractivity contribution in [3.05, 3.63) is 66.0 Å². The van der Waals surface area contributed by atoms with Gasteiger partial charge in [0.2, 0.25) is 0 Å². The van der Waals surface area contributed by atoms with E-state index in [2.05, 4.69) is 10.3 Å². The number of hydrogen-bond acceptors (Lipinski definition) is 4. The van der Waals surface area contributed by atoms with Gasteiger partial charge in [-0.25, -0.2) is 14.2 Å². The predicted molar refractivity (Wildman–Crippen MR) is 110 cm³/mol. The molecule has 3 aromatic rings. The molecule has 0 aliphatic heterocycles. The number of carbonyl (C=O) groups is 2. The van der Waals surface area contributed by atoms with E-state index in [4.69, 9.17) is 4.74 Å². The van der Waals surface area contributed by atoms with Crippen LogP contribution in [0.4, 0.5) is 4.39 Å². The second-order valence-corrected chi connectivity index (χ2v) is 6.74. The van der Waals surface area contributed by atoms with Gasteiger partial charge in [0.1, 0.15) is 5.82 Å². The fourth-order valence-electron chi connectivity index (χ4n) is 3.08. The normalized spacial score (nSPS) is 10.9. The van der Waals surface area contributed by atoms with Gasteiger partial charge in [0.05, 0.1) is 16.8 Å². The second kappa shape index (κ2) is 9.28. The number of halogens is 1. The van der Waals surface area contributed by atoms with Crippen molar-refractivity contribution in [3.8, 4) is 11.3 Å². The molecule has 0 aliphatic rings. The first-order chi connectivity index (χ1) is 14.0. The van der Waals surface area contributed by atoms with Gasteiger partial charge in [0.15, 0.2) is 6.61 Å². The summed E-state index contributed by atoms with van der Waals surface area (Å²) >= 11 is 0. The highest BCUT2D eigenvalue weighted by atomic mass is 19.1. The van der Waals surface area contributed by atoms with E-state index in [-0.39, 0.29) is 24.4 Å². The van der Waals surface area contributed by atoms with Crippen LogP contribution in [-0.4, -0.2) is 29.5 Å². The molecule has 1 N–H and O–H groups in total. The number of fused-ring (bicyclic) bond motifs is 1. The first-order valence-corrected chi connectivity index (χ1v) is 9.64. The lowest BCUT2D eigenvalue weighted by Gasteiger charge is -2.15. The molecule has 0 atom stereocenters. The largest absolute Gasteiger partial charge is 0.452 e. The highest BCUT2D eigenvalue weighted by molar-refractivity contribution is 6.05. The van der Waals surface area contributed by atoms with Gasteiger partial charge in [-0.15, -0.1) is 0 Å². The lowest BCUT2D eigenvalue weighted by molar-refractivity contribution is -0.125. The predicted octanol–water partition coefficient (Wildman–Crippen LogP) is 4.50. The molecule has 2 aromatic carbocycles. The van der Waals surface area contributed by atoms with Crippen LogP contribution in [0.5, 0.6) is 0 Å². The Morgan fingerprint density at radius 3 is 2.45 bits per heavy atom. The van der Waals surface area contributed by atoms with Crippen molar-refractivity contribution in [2.75, 3.05) is 6.61 Å². The minimum absolute atomic E-state index is 0.0630. The average molecular weight is 394 g/mol. The molecular formula is C23H23FN2O3. The number of pyridine rings is 1. The number of ether oxygens (including phenoxy) is 1. The molecule has 0 aliphatic carbocycles. The lowest BCUT2D eigenvalue weighted by atomic mass is 10.0. The van der Waals surface area contributed by atoms with Gasteiger partial charge in [-0.05, 0) is 49.2 Å². The summed E-state index contributed by atoms with van der Waals surface area (Å²) in [6, 6.07) is 14.7. The molecule has 0 saturated carbocycles. The monoisotopic (exact) mass is 394 g/mol. The van der Waals surface area contributed by atoms with Crippen LogP contribution in [-0.2, 0) is 9.53 Å². The minimum Gasteiger partial charge on any atom is -0.452 e. The summed E-state index contributed by atoms with van der Waals surface area (Å²) in [6.07, 6.45) is 1.62. The molecule has 29 heavy (non-hydrogen) atoms. The third kappa shape index (κ3) is 4.96. The Bertz CT molecular complexity index is 1010. The third-order valence-electron chi connectivity index (χ3n) is 4.76. The van der Waals surface area contributed by atoms with Crippen molar-refractivity contribution in [3.63, 3.8) is 0 Å². The standard InChI is InChI=1S/C23H23FN2O3/c1-3-17(4-2)25-22(27)14-29-23(28)19-13-21(15-9-11-16(24)12-10-15)26-20-8-6-5-7-18(19)20/h5-13,17H,3-4,14H2,1-2H3,(H,25,27). The highest BCUT2D eigenvalue weighted by Crippen LogP contribution is 2.25. The average Bonchev–Trinajstić information content (AvgIpc) is 2.75. The van der Waals surface area contributed by atoms with Gasteiger partial charge in [-0.3, -0.25) is 4.79 Å². The first kappa shape index (κ1) is 20.5. The van der Waals surface area contributed by atoms with Crippen LogP contribution >= 0.6 is 0 Å². The summed E-state index contributed by atoms with van der Waals surface area (Å²) in [4.78, 5) is 29.4. The number of hydrogen-bond donors (Lipinski definition) is 1. The topological polar surface area (TPSA) is 68.3 Å². The van der Waals surface area contributed by atoms with Crippen LogP contribution in [0.1, 0.15) is 37.0 Å². The second-order valence-electron chi connectivity index (χ2n) is 6.74. The molecule has 1 amide bonds. The van der Waals surface area contributed by atoms with Crippen molar-refractivity contribution in [2.24, 2.45) is 0 Å². The van der Waals surface area contributed by atoms with Crippen LogP contribution < -0.4 is 5.32 Å². The Balaban J connectivity index is 1.86. The Morgan fingerprint density at radius 1 is 1.07 bits per heavy atom. The van der Waals surface area contributed by atoms with E-state index in [1.807, 2.05) is 19.9 Å². The molecule has 0 bridgehead atoms. The van der Waals surface area contributed by atoms with E-state index in [9.17, 15) is 14.0 Å². The molecule has 1 aromatic heterocycles. The summed E-state index contributed by atoms with van der Waals surface area (Å²) in [7, 11) is 0. The molecule has 6 heteroatoms. The Kier molecular flexibility index (Phi) is 6.54. The molecule has 0 radical (unpaired) electrons. The van der Waals surface area contributed by atoms with Crippen LogP contribution in [0, 0.1) is 5.82 Å². The number of esters is 1. The Morgan fingerprint density at radius 2 is 1.76 bits per heavy atom. The third-order valence-corrected chi connectivity index (χ3v) is 4.76. The summed E-state index contributed by atoms with van der Waals surface area (Å²) in [6.45, 7) is 3.62. The highest BCUT2D eigenvalue weighted by Gasteiger charge is 2.17. The van der Waals surface area contributed by atoms with Crippen LogP contribution in [0.2, 0.25) is 0 Å². The van der Waals surface area contributed by atoms with Gasteiger partial charge in [-0.2, -0.15) is 0 Å². The molecule has 3 rings (SSSR count). The van der Waals surface area contributed by atoms with Crippen molar-refractivity contribution in [2.45, 2.75) is 32.7 Å². The quantitative estimate of drug-likeness (QED) is 0.599. The van der Waals surface area contributed by atoms with E-state index in [1.54, 1.807) is 36.4 Å². The van der Waals surface area contributed by atoms with Gasteiger partial charge < -0.3 is 10.1 Å². The summed E-state index contributed by atoms with van der Waals surface area (Å²) in [5, 5.41) is 3.47. The van der Waals surface area contributed by atoms with E-state index < -0.39 is 5.97 Å². The van der Waals surface area contributed by atoms with Crippen LogP contribution in [0.15, 0.2) is 54.6 Å².